The van der Waals surface area contributed by atoms with Gasteiger partial charge in [-0.15, -0.1) is 0 Å². The molecule has 2 aromatic rings. The zero-order valence-electron chi connectivity index (χ0n) is 11.9. The molecule has 1 aliphatic carbocycles. The third-order valence-corrected chi connectivity index (χ3v) is 3.37. The zero-order valence-corrected chi connectivity index (χ0v) is 14.9. The molecule has 1 fully saturated rings. The van der Waals surface area contributed by atoms with Crippen molar-refractivity contribution in [3.05, 3.63) is 53.6 Å². The van der Waals surface area contributed by atoms with Crippen molar-refractivity contribution in [2.45, 2.75) is 32.1 Å². The number of nitrogens with zero attached hydrogens (tertiary/aromatic N) is 2. The minimum Gasteiger partial charge on any atom is -0.694 e. The van der Waals surface area contributed by atoms with Crippen molar-refractivity contribution < 1.29 is 21.1 Å². The van der Waals surface area contributed by atoms with Crippen molar-refractivity contribution >= 4 is 5.69 Å². The van der Waals surface area contributed by atoms with E-state index in [2.05, 4.69) is 17.0 Å². The van der Waals surface area contributed by atoms with E-state index < -0.39 is 0 Å². The molecule has 2 heterocycles. The molecule has 0 atom stereocenters. The Morgan fingerprint density at radius 2 is 2.05 bits per heavy atom. The molecule has 6 heteroatoms. The summed E-state index contributed by atoms with van der Waals surface area (Å²) < 4.78 is 1.53. The minimum absolute atomic E-state index is 0. The molecule has 0 saturated heterocycles. The molecule has 2 aromatic heterocycles. The van der Waals surface area contributed by atoms with Gasteiger partial charge in [0, 0.05) is 18.5 Å². The van der Waals surface area contributed by atoms with Gasteiger partial charge < -0.3 is 17.6 Å². The normalized spacial score (nSPS) is 14.7. The van der Waals surface area contributed by atoms with Gasteiger partial charge in [0.05, 0.1) is 0 Å². The monoisotopic (exact) mass is 456 g/mol. The van der Waals surface area contributed by atoms with E-state index in [-0.39, 0.29) is 32.2 Å². The van der Waals surface area contributed by atoms with E-state index in [9.17, 15) is 4.79 Å². The molecule has 0 spiro atoms. The van der Waals surface area contributed by atoms with E-state index in [0.29, 0.717) is 5.82 Å². The summed E-state index contributed by atoms with van der Waals surface area (Å²) in [7, 11) is 0. The summed E-state index contributed by atoms with van der Waals surface area (Å²) in [6.07, 6.45) is 11.7. The Kier molecular flexibility index (Phi) is 7.44. The van der Waals surface area contributed by atoms with Crippen molar-refractivity contribution in [2.75, 3.05) is 0 Å². The van der Waals surface area contributed by atoms with E-state index >= 15 is 0 Å². The van der Waals surface area contributed by atoms with Crippen molar-refractivity contribution in [3.63, 3.8) is 0 Å². The summed E-state index contributed by atoms with van der Waals surface area (Å²) in [5.41, 5.74) is 6.81. The fraction of sp³-hybridized carbons (Fsp3) is 0.400. The van der Waals surface area contributed by atoms with Crippen LogP contribution in [0.2, 0.25) is 0 Å². The molecule has 21 heavy (non-hydrogen) atoms. The van der Waals surface area contributed by atoms with Gasteiger partial charge in [0.25, 0.3) is 0 Å². The van der Waals surface area contributed by atoms with Crippen molar-refractivity contribution in [2.24, 2.45) is 5.92 Å². The molecular formula is C15H20N4OW. The Hall–Kier alpha value is -1.35. The minimum atomic E-state index is -0.316. The first-order chi connectivity index (χ1) is 9.66. The van der Waals surface area contributed by atoms with Crippen LogP contribution >= 0.6 is 0 Å². The van der Waals surface area contributed by atoms with Crippen molar-refractivity contribution in [1.29, 1.82) is 0 Å². The molecule has 0 aromatic carbocycles. The van der Waals surface area contributed by atoms with Gasteiger partial charge in [-0.2, -0.15) is 11.0 Å². The van der Waals surface area contributed by atoms with Crippen LogP contribution in [0.25, 0.3) is 11.6 Å². The van der Waals surface area contributed by atoms with Crippen LogP contribution in [-0.4, -0.2) is 14.8 Å². The van der Waals surface area contributed by atoms with Crippen LogP contribution in [0.1, 0.15) is 32.1 Å². The predicted octanol–water partition coefficient (Wildman–Crippen LogP) is 3.64. The number of hydrogen-bond acceptors (Lipinski definition) is 2. The molecule has 2 N–H and O–H groups in total. The van der Waals surface area contributed by atoms with Gasteiger partial charge in [0.2, 0.25) is 0 Å². The molecule has 0 unspecified atom stereocenters. The molecule has 1 saturated carbocycles. The number of aromatic nitrogens is 3. The van der Waals surface area contributed by atoms with E-state index in [1.807, 2.05) is 0 Å². The quantitative estimate of drug-likeness (QED) is 0.666. The third kappa shape index (κ3) is 5.50. The van der Waals surface area contributed by atoms with Crippen LogP contribution in [0.15, 0.2) is 35.5 Å². The topological polar surface area (TPSA) is 74.5 Å². The number of rotatable bonds is 1. The van der Waals surface area contributed by atoms with E-state index in [0.717, 1.165) is 5.92 Å². The van der Waals surface area contributed by atoms with Crippen LogP contribution in [0, 0.1) is 12.8 Å². The molecule has 3 rings (SSSR count). The summed E-state index contributed by atoms with van der Waals surface area (Å²) in [4.78, 5) is 13.9. The maximum atomic E-state index is 11.1. The first kappa shape index (κ1) is 17.7. The summed E-state index contributed by atoms with van der Waals surface area (Å²) >= 11 is 0. The Labute approximate surface area is 139 Å². The Morgan fingerprint density at radius 3 is 2.52 bits per heavy atom. The van der Waals surface area contributed by atoms with Gasteiger partial charge in [-0.25, -0.2) is 4.68 Å². The van der Waals surface area contributed by atoms with E-state index in [1.165, 1.54) is 49.0 Å². The molecule has 0 aliphatic heterocycles. The fourth-order valence-electron chi connectivity index (χ4n) is 2.19. The summed E-state index contributed by atoms with van der Waals surface area (Å²) in [6.45, 7) is 4.00. The fourth-order valence-corrected chi connectivity index (χ4v) is 2.19. The van der Waals surface area contributed by atoms with Crippen LogP contribution in [0.3, 0.4) is 0 Å². The molecule has 0 radical (unpaired) electrons. The molecule has 5 nitrogen and oxygen atoms in total. The predicted molar refractivity (Wildman–Crippen MR) is 80.1 cm³/mol. The van der Waals surface area contributed by atoms with Gasteiger partial charge in [-0.3, -0.25) is 4.79 Å². The van der Waals surface area contributed by atoms with Crippen LogP contribution in [0.5, 0.6) is 0 Å². The van der Waals surface area contributed by atoms with Gasteiger partial charge in [-0.05, 0) is 12.3 Å². The molecular weight excluding hydrogens is 436 g/mol. The van der Waals surface area contributed by atoms with Crippen LogP contribution < -0.4 is 5.43 Å². The smallest absolute Gasteiger partial charge is 0.694 e. The van der Waals surface area contributed by atoms with Crippen LogP contribution in [-0.2, 0) is 21.1 Å². The summed E-state index contributed by atoms with van der Waals surface area (Å²) in [5.74, 6) is 1.35. The number of pyridine rings is 1. The first-order valence-corrected chi connectivity index (χ1v) is 6.94. The summed E-state index contributed by atoms with van der Waals surface area (Å²) in [6, 6.07) is 3.10. The first-order valence-electron chi connectivity index (χ1n) is 6.94. The average Bonchev–Trinajstić information content (AvgIpc) is 2.98. The molecule has 112 valence electrons. The second-order valence-electron chi connectivity index (χ2n) is 5.05. The van der Waals surface area contributed by atoms with E-state index in [1.54, 1.807) is 18.5 Å². The van der Waals surface area contributed by atoms with Gasteiger partial charge in [0.1, 0.15) is 5.82 Å². The Balaban J connectivity index is 0.000000236. The number of aromatic amines is 1. The largest absolute Gasteiger partial charge is 2.00 e. The third-order valence-electron chi connectivity index (χ3n) is 3.37. The summed E-state index contributed by atoms with van der Waals surface area (Å²) in [5, 5.41) is 3.94. The maximum Gasteiger partial charge on any atom is 2.00 e. The number of nitrogens with one attached hydrogen (secondary N) is 2. The van der Waals surface area contributed by atoms with Gasteiger partial charge in [0.15, 0.2) is 5.43 Å². The van der Waals surface area contributed by atoms with Crippen molar-refractivity contribution in [1.82, 2.24) is 14.8 Å². The SMILES string of the molecule is [CH2-]C1CCCCC1.[NH-]c1c[nH]c(-n2cccn2)cc1=O.[W+2]. The molecule has 1 aliphatic rings. The second kappa shape index (κ2) is 8.83. The zero-order chi connectivity index (χ0) is 14.4. The van der Waals surface area contributed by atoms with Gasteiger partial charge in [-0.1, -0.05) is 37.8 Å². The van der Waals surface area contributed by atoms with Crippen molar-refractivity contribution in [3.8, 4) is 5.82 Å². The standard InChI is InChI=1S/C8H7N4O.C7H13.W/c9-6-5-10-8(4-7(6)13)12-3-1-2-11-12;1-7-5-3-2-4-6-7;/h1-5,9H,(H,10,13);7H,1-6H2;/q2*-1;+2. The Bertz CT molecular complexity index is 574. The number of hydrogen-bond donors (Lipinski definition) is 1. The maximum absolute atomic E-state index is 11.1. The van der Waals surface area contributed by atoms with Gasteiger partial charge >= 0.3 is 21.1 Å². The molecule has 0 amide bonds. The van der Waals surface area contributed by atoms with Crippen LogP contribution in [0.4, 0.5) is 5.69 Å². The number of H-pyrrole nitrogens is 1. The second-order valence-corrected chi connectivity index (χ2v) is 5.05. The Morgan fingerprint density at radius 1 is 1.33 bits per heavy atom. The molecule has 0 bridgehead atoms. The average molecular weight is 456 g/mol. The van der Waals surface area contributed by atoms with E-state index in [4.69, 9.17) is 5.73 Å².